The van der Waals surface area contributed by atoms with Gasteiger partial charge < -0.3 is 16.0 Å². The van der Waals surface area contributed by atoms with Crippen LogP contribution in [0.2, 0.25) is 0 Å². The number of hydrogen-bond donors (Lipinski definition) is 2. The normalized spacial score (nSPS) is 18.3. The van der Waals surface area contributed by atoms with Gasteiger partial charge >= 0.3 is 12.2 Å². The monoisotopic (exact) mass is 347 g/mol. The van der Waals surface area contributed by atoms with E-state index < -0.39 is 35.4 Å². The number of alkyl halides is 3. The molecule has 1 saturated heterocycles. The summed E-state index contributed by atoms with van der Waals surface area (Å²) in [6.07, 6.45) is -3.62. The molecule has 1 heterocycles. The molecule has 132 valence electrons. The molecule has 1 aromatic rings. The highest BCUT2D eigenvalue weighted by Crippen LogP contribution is 2.32. The first-order valence-corrected chi connectivity index (χ1v) is 7.37. The van der Waals surface area contributed by atoms with E-state index in [2.05, 4.69) is 5.32 Å². The van der Waals surface area contributed by atoms with Crippen LogP contribution in [-0.4, -0.2) is 29.9 Å². The lowest BCUT2D eigenvalue weighted by Gasteiger charge is -2.31. The van der Waals surface area contributed by atoms with Crippen LogP contribution in [0.3, 0.4) is 0 Å². The van der Waals surface area contributed by atoms with Gasteiger partial charge in [-0.25, -0.2) is 9.18 Å². The predicted octanol–water partition coefficient (Wildman–Crippen LogP) is 2.25. The van der Waals surface area contributed by atoms with E-state index in [9.17, 15) is 27.2 Å². The van der Waals surface area contributed by atoms with Crippen molar-refractivity contribution in [2.75, 3.05) is 13.1 Å². The Hall–Kier alpha value is -2.32. The summed E-state index contributed by atoms with van der Waals surface area (Å²) in [6.45, 7) is 0.166. The highest BCUT2D eigenvalue weighted by molar-refractivity contribution is 5.79. The summed E-state index contributed by atoms with van der Waals surface area (Å²) >= 11 is 0. The lowest BCUT2D eigenvalue weighted by Crippen LogP contribution is -2.48. The van der Waals surface area contributed by atoms with E-state index in [1.54, 1.807) is 0 Å². The van der Waals surface area contributed by atoms with Gasteiger partial charge in [0.15, 0.2) is 0 Å². The van der Waals surface area contributed by atoms with Crippen molar-refractivity contribution in [1.29, 1.82) is 0 Å². The Balaban J connectivity index is 2.01. The number of amides is 3. The fourth-order valence-electron chi connectivity index (χ4n) is 2.61. The van der Waals surface area contributed by atoms with Crippen LogP contribution >= 0.6 is 0 Å². The number of primary amides is 1. The fourth-order valence-corrected chi connectivity index (χ4v) is 2.61. The van der Waals surface area contributed by atoms with Gasteiger partial charge in [0.2, 0.25) is 5.91 Å². The third kappa shape index (κ3) is 4.15. The van der Waals surface area contributed by atoms with E-state index in [0.717, 1.165) is 6.07 Å². The second-order valence-corrected chi connectivity index (χ2v) is 5.62. The zero-order valence-corrected chi connectivity index (χ0v) is 12.7. The van der Waals surface area contributed by atoms with Gasteiger partial charge in [-0.1, -0.05) is 12.1 Å². The molecule has 0 bridgehead atoms. The first kappa shape index (κ1) is 18.0. The van der Waals surface area contributed by atoms with E-state index in [1.807, 2.05) is 0 Å². The van der Waals surface area contributed by atoms with Crippen LogP contribution < -0.4 is 11.1 Å². The smallest absolute Gasteiger partial charge is 0.369 e. The molecule has 3 amide bonds. The highest BCUT2D eigenvalue weighted by Gasteiger charge is 2.35. The molecular formula is C15H17F4N3O2. The number of nitrogens with zero attached hydrogens (tertiary/aromatic N) is 1. The molecule has 1 atom stereocenters. The number of carbonyl (C=O) groups excluding carboxylic acids is 2. The lowest BCUT2D eigenvalue weighted by atomic mass is 9.98. The van der Waals surface area contributed by atoms with Crippen molar-refractivity contribution in [2.45, 2.75) is 25.6 Å². The van der Waals surface area contributed by atoms with Crippen molar-refractivity contribution in [3.05, 3.63) is 35.1 Å². The maximum Gasteiger partial charge on any atom is 0.419 e. The van der Waals surface area contributed by atoms with Crippen molar-refractivity contribution < 1.29 is 27.2 Å². The number of hydrogen-bond acceptors (Lipinski definition) is 2. The van der Waals surface area contributed by atoms with E-state index in [0.29, 0.717) is 25.5 Å². The summed E-state index contributed by atoms with van der Waals surface area (Å²) in [5.41, 5.74) is 3.58. The van der Waals surface area contributed by atoms with Gasteiger partial charge in [-0.2, -0.15) is 13.2 Å². The fraction of sp³-hybridized carbons (Fsp3) is 0.467. The minimum atomic E-state index is -4.80. The first-order valence-electron chi connectivity index (χ1n) is 7.37. The Morgan fingerprint density at radius 3 is 2.67 bits per heavy atom. The van der Waals surface area contributed by atoms with Crippen LogP contribution in [0.4, 0.5) is 22.4 Å². The molecule has 2 rings (SSSR count). The molecule has 1 aromatic carbocycles. The molecule has 0 aromatic heterocycles. The molecule has 0 aliphatic carbocycles. The minimum Gasteiger partial charge on any atom is -0.369 e. The van der Waals surface area contributed by atoms with Crippen molar-refractivity contribution >= 4 is 11.9 Å². The van der Waals surface area contributed by atoms with E-state index in [4.69, 9.17) is 5.73 Å². The predicted molar refractivity (Wildman–Crippen MR) is 77.1 cm³/mol. The van der Waals surface area contributed by atoms with Gasteiger partial charge in [0.25, 0.3) is 0 Å². The van der Waals surface area contributed by atoms with Crippen LogP contribution in [0, 0.1) is 11.7 Å². The van der Waals surface area contributed by atoms with Crippen LogP contribution in [-0.2, 0) is 17.5 Å². The molecule has 5 nitrogen and oxygen atoms in total. The van der Waals surface area contributed by atoms with Crippen LogP contribution in [0.1, 0.15) is 24.0 Å². The molecular weight excluding hydrogens is 330 g/mol. The van der Waals surface area contributed by atoms with Crippen molar-refractivity contribution in [2.24, 2.45) is 11.7 Å². The Morgan fingerprint density at radius 1 is 1.33 bits per heavy atom. The molecule has 3 N–H and O–H groups in total. The average molecular weight is 347 g/mol. The van der Waals surface area contributed by atoms with Gasteiger partial charge in [0.1, 0.15) is 5.82 Å². The summed E-state index contributed by atoms with van der Waals surface area (Å²) in [5.74, 6) is -2.36. The Kier molecular flexibility index (Phi) is 5.30. The van der Waals surface area contributed by atoms with Gasteiger partial charge in [-0.05, 0) is 18.9 Å². The number of halogens is 4. The molecule has 9 heteroatoms. The third-order valence-corrected chi connectivity index (χ3v) is 3.93. The summed E-state index contributed by atoms with van der Waals surface area (Å²) in [7, 11) is 0. The van der Waals surface area contributed by atoms with Gasteiger partial charge in [0, 0.05) is 25.2 Å². The maximum absolute atomic E-state index is 13.9. The second-order valence-electron chi connectivity index (χ2n) is 5.62. The number of rotatable bonds is 3. The summed E-state index contributed by atoms with van der Waals surface area (Å²) in [4.78, 5) is 24.6. The Labute approximate surface area is 135 Å². The number of piperidine rings is 1. The average Bonchev–Trinajstić information content (AvgIpc) is 2.52. The molecule has 1 fully saturated rings. The van der Waals surface area contributed by atoms with Crippen molar-refractivity contribution in [1.82, 2.24) is 10.2 Å². The minimum absolute atomic E-state index is 0.145. The lowest BCUT2D eigenvalue weighted by molar-refractivity contribution is -0.140. The van der Waals surface area contributed by atoms with E-state index in [1.165, 1.54) is 11.0 Å². The number of likely N-dealkylation sites (tertiary alicyclic amines) is 1. The van der Waals surface area contributed by atoms with Crippen molar-refractivity contribution in [3.63, 3.8) is 0 Å². The maximum atomic E-state index is 13.9. The summed E-state index contributed by atoms with van der Waals surface area (Å²) in [5, 5.41) is 2.38. The van der Waals surface area contributed by atoms with E-state index in [-0.39, 0.29) is 18.7 Å². The molecule has 0 unspecified atom stereocenters. The van der Waals surface area contributed by atoms with Crippen LogP contribution in [0.5, 0.6) is 0 Å². The van der Waals surface area contributed by atoms with Crippen LogP contribution in [0.15, 0.2) is 18.2 Å². The number of urea groups is 1. The number of benzene rings is 1. The zero-order chi connectivity index (χ0) is 17.9. The molecule has 0 spiro atoms. The molecule has 1 aliphatic rings. The van der Waals surface area contributed by atoms with Crippen LogP contribution in [0.25, 0.3) is 0 Å². The second kappa shape index (κ2) is 7.06. The van der Waals surface area contributed by atoms with Gasteiger partial charge in [0.05, 0.1) is 11.5 Å². The topological polar surface area (TPSA) is 75.4 Å². The zero-order valence-electron chi connectivity index (χ0n) is 12.7. The number of nitrogens with one attached hydrogen (secondary N) is 1. The molecule has 0 radical (unpaired) electrons. The van der Waals surface area contributed by atoms with Gasteiger partial charge in [-0.15, -0.1) is 0 Å². The SMILES string of the molecule is NC(=O)[C@@H]1CCCN(C(=O)NCc2cccc(C(F)(F)F)c2F)C1. The molecule has 1 aliphatic heterocycles. The van der Waals surface area contributed by atoms with E-state index >= 15 is 0 Å². The third-order valence-electron chi connectivity index (χ3n) is 3.93. The standard InChI is InChI=1S/C15H17F4N3O2/c16-12-9(3-1-5-11(12)15(17,18)19)7-21-14(24)22-6-2-4-10(8-22)13(20)23/h1,3,5,10H,2,4,6-8H2,(H2,20,23)(H,21,24)/t10-/m1/s1. The summed E-state index contributed by atoms with van der Waals surface area (Å²) in [6, 6.07) is 2.32. The Bertz CT molecular complexity index is 634. The molecule has 0 saturated carbocycles. The number of carbonyl (C=O) groups is 2. The quantitative estimate of drug-likeness (QED) is 0.823. The Morgan fingerprint density at radius 2 is 2.04 bits per heavy atom. The first-order chi connectivity index (χ1) is 11.2. The van der Waals surface area contributed by atoms with Gasteiger partial charge in [-0.3, -0.25) is 4.79 Å². The largest absolute Gasteiger partial charge is 0.419 e. The van der Waals surface area contributed by atoms with Crippen molar-refractivity contribution in [3.8, 4) is 0 Å². The number of nitrogens with two attached hydrogens (primary N) is 1. The highest BCUT2D eigenvalue weighted by atomic mass is 19.4. The molecule has 24 heavy (non-hydrogen) atoms. The summed E-state index contributed by atoms with van der Waals surface area (Å²) < 4.78 is 51.9.